The van der Waals surface area contributed by atoms with Gasteiger partial charge in [0.2, 0.25) is 0 Å². The summed E-state index contributed by atoms with van der Waals surface area (Å²) in [6, 6.07) is 7.63. The van der Waals surface area contributed by atoms with Gasteiger partial charge in [0.1, 0.15) is 11.5 Å². The van der Waals surface area contributed by atoms with Crippen LogP contribution in [0.2, 0.25) is 0 Å². The topological polar surface area (TPSA) is 70.9 Å². The maximum absolute atomic E-state index is 11.9. The molecule has 2 aromatic carbocycles. The summed E-state index contributed by atoms with van der Waals surface area (Å²) in [5, 5.41) is 13.9. The van der Waals surface area contributed by atoms with Crippen molar-refractivity contribution < 1.29 is 14.6 Å². The van der Waals surface area contributed by atoms with Gasteiger partial charge in [0.05, 0.1) is 9.78 Å². The highest BCUT2D eigenvalue weighted by Gasteiger charge is 2.09. The molecule has 0 aliphatic heterocycles. The van der Waals surface area contributed by atoms with E-state index in [1.54, 1.807) is 6.07 Å². The fourth-order valence-electron chi connectivity index (χ4n) is 2.18. The van der Waals surface area contributed by atoms with Gasteiger partial charge < -0.3 is 9.84 Å². The van der Waals surface area contributed by atoms with Gasteiger partial charge in [0, 0.05) is 9.13 Å². The minimum Gasteiger partial charge on any atom is -0.506 e. The molecule has 0 radical (unpaired) electrons. The number of halogens is 2. The van der Waals surface area contributed by atoms with Crippen molar-refractivity contribution in [1.29, 1.82) is 0 Å². The van der Waals surface area contributed by atoms with E-state index in [1.807, 2.05) is 61.6 Å². The lowest BCUT2D eigenvalue weighted by molar-refractivity contribution is -0.123. The maximum Gasteiger partial charge on any atom is 0.277 e. The molecule has 132 valence electrons. The van der Waals surface area contributed by atoms with Crippen molar-refractivity contribution in [3.05, 3.63) is 53.7 Å². The molecule has 0 fully saturated rings. The number of phenols is 1. The standard InChI is InChI=1S/C18H18I2N2O3/c1-10-4-5-11(2)18(12(10)3)25-9-16(23)22-21-8-13-6-14(19)7-15(20)17(13)24/h4-8,24H,9H2,1-3H3,(H,22,23). The summed E-state index contributed by atoms with van der Waals surface area (Å²) in [5.41, 5.74) is 6.08. The van der Waals surface area contributed by atoms with Gasteiger partial charge in [-0.05, 0) is 94.8 Å². The Morgan fingerprint density at radius 3 is 2.64 bits per heavy atom. The van der Waals surface area contributed by atoms with Gasteiger partial charge in [-0.3, -0.25) is 4.79 Å². The molecule has 2 N–H and O–H groups in total. The maximum atomic E-state index is 11.9. The molecule has 25 heavy (non-hydrogen) atoms. The molecule has 0 aliphatic carbocycles. The van der Waals surface area contributed by atoms with Crippen LogP contribution in [0, 0.1) is 27.9 Å². The molecule has 0 aromatic heterocycles. The first kappa shape index (κ1) is 20.0. The number of hydrogen-bond acceptors (Lipinski definition) is 4. The Morgan fingerprint density at radius 2 is 1.92 bits per heavy atom. The molecular formula is C18H18I2N2O3. The highest BCUT2D eigenvalue weighted by Crippen LogP contribution is 2.26. The number of nitrogens with one attached hydrogen (secondary N) is 1. The number of amides is 1. The van der Waals surface area contributed by atoms with Crippen LogP contribution in [0.25, 0.3) is 0 Å². The Balaban J connectivity index is 1.97. The zero-order chi connectivity index (χ0) is 18.6. The Bertz CT molecular complexity index is 836. The average Bonchev–Trinajstić information content (AvgIpc) is 2.55. The lowest BCUT2D eigenvalue weighted by Gasteiger charge is -2.13. The molecule has 0 spiro atoms. The number of carbonyl (C=O) groups is 1. The number of benzene rings is 2. The highest BCUT2D eigenvalue weighted by molar-refractivity contribution is 14.1. The predicted molar refractivity (Wildman–Crippen MR) is 115 cm³/mol. The van der Waals surface area contributed by atoms with E-state index in [4.69, 9.17) is 4.74 Å². The summed E-state index contributed by atoms with van der Waals surface area (Å²) in [6.45, 7) is 5.79. The van der Waals surface area contributed by atoms with Gasteiger partial charge in [-0.25, -0.2) is 5.43 Å². The van der Waals surface area contributed by atoms with Crippen LogP contribution in [0.5, 0.6) is 11.5 Å². The van der Waals surface area contributed by atoms with Gasteiger partial charge in [-0.15, -0.1) is 0 Å². The number of nitrogens with zero attached hydrogens (tertiary/aromatic N) is 1. The van der Waals surface area contributed by atoms with Crippen molar-refractivity contribution in [2.24, 2.45) is 5.10 Å². The monoisotopic (exact) mass is 564 g/mol. The normalized spacial score (nSPS) is 10.9. The summed E-state index contributed by atoms with van der Waals surface area (Å²) >= 11 is 4.20. The van der Waals surface area contributed by atoms with Crippen LogP contribution in [0.1, 0.15) is 22.3 Å². The largest absolute Gasteiger partial charge is 0.506 e. The fourth-order valence-corrected chi connectivity index (χ4v) is 4.07. The lowest BCUT2D eigenvalue weighted by atomic mass is 10.1. The molecule has 0 bridgehead atoms. The predicted octanol–water partition coefficient (Wildman–Crippen LogP) is 4.06. The molecule has 0 unspecified atom stereocenters. The van der Waals surface area contributed by atoms with Gasteiger partial charge >= 0.3 is 0 Å². The third-order valence-electron chi connectivity index (χ3n) is 3.67. The molecule has 0 saturated heterocycles. The van der Waals surface area contributed by atoms with Gasteiger partial charge in [-0.1, -0.05) is 12.1 Å². The number of carbonyl (C=O) groups excluding carboxylic acids is 1. The van der Waals surface area contributed by atoms with E-state index < -0.39 is 0 Å². The summed E-state index contributed by atoms with van der Waals surface area (Å²) in [6.07, 6.45) is 1.42. The van der Waals surface area contributed by atoms with E-state index in [0.717, 1.165) is 29.6 Å². The number of aromatic hydroxyl groups is 1. The van der Waals surface area contributed by atoms with Crippen molar-refractivity contribution in [3.8, 4) is 11.5 Å². The van der Waals surface area contributed by atoms with Crippen LogP contribution in [0.4, 0.5) is 0 Å². The number of hydrogen-bond donors (Lipinski definition) is 2. The summed E-state index contributed by atoms with van der Waals surface area (Å²) in [7, 11) is 0. The van der Waals surface area contributed by atoms with Gasteiger partial charge in [0.25, 0.3) is 5.91 Å². The molecular weight excluding hydrogens is 546 g/mol. The van der Waals surface area contributed by atoms with Crippen LogP contribution < -0.4 is 10.2 Å². The van der Waals surface area contributed by atoms with Gasteiger partial charge in [0.15, 0.2) is 6.61 Å². The van der Waals surface area contributed by atoms with E-state index in [9.17, 15) is 9.90 Å². The van der Waals surface area contributed by atoms with E-state index >= 15 is 0 Å². The molecule has 0 atom stereocenters. The zero-order valence-electron chi connectivity index (χ0n) is 14.1. The average molecular weight is 564 g/mol. The highest BCUT2D eigenvalue weighted by atomic mass is 127. The second-order valence-corrected chi connectivity index (χ2v) is 7.97. The van der Waals surface area contributed by atoms with E-state index in [2.05, 4.69) is 33.1 Å². The van der Waals surface area contributed by atoms with Crippen molar-refractivity contribution in [1.82, 2.24) is 5.43 Å². The first-order valence-corrected chi connectivity index (χ1v) is 9.65. The Morgan fingerprint density at radius 1 is 1.24 bits per heavy atom. The Labute approximate surface area is 174 Å². The molecule has 5 nitrogen and oxygen atoms in total. The summed E-state index contributed by atoms with van der Waals surface area (Å²) in [4.78, 5) is 11.9. The summed E-state index contributed by atoms with van der Waals surface area (Å²) in [5.74, 6) is 0.501. The smallest absolute Gasteiger partial charge is 0.277 e. The number of rotatable bonds is 5. The van der Waals surface area contributed by atoms with E-state index in [1.165, 1.54) is 6.21 Å². The molecule has 7 heteroatoms. The van der Waals surface area contributed by atoms with Crippen molar-refractivity contribution >= 4 is 57.3 Å². The third kappa shape index (κ3) is 5.30. The third-order valence-corrected chi connectivity index (χ3v) is 5.12. The minimum atomic E-state index is -0.364. The van der Waals surface area contributed by atoms with Crippen molar-refractivity contribution in [3.63, 3.8) is 0 Å². The number of phenolic OH excluding ortho intramolecular Hbond substituents is 1. The molecule has 0 aliphatic rings. The van der Waals surface area contributed by atoms with Crippen LogP contribution in [-0.2, 0) is 4.79 Å². The molecule has 0 heterocycles. The van der Waals surface area contributed by atoms with E-state index in [-0.39, 0.29) is 18.3 Å². The minimum absolute atomic E-state index is 0.127. The van der Waals surface area contributed by atoms with Gasteiger partial charge in [-0.2, -0.15) is 5.10 Å². The van der Waals surface area contributed by atoms with Crippen LogP contribution in [0.3, 0.4) is 0 Å². The Hall–Kier alpha value is -1.36. The molecule has 0 saturated carbocycles. The van der Waals surface area contributed by atoms with E-state index in [0.29, 0.717) is 5.56 Å². The van der Waals surface area contributed by atoms with Crippen molar-refractivity contribution in [2.45, 2.75) is 20.8 Å². The fraction of sp³-hybridized carbons (Fsp3) is 0.222. The number of hydrazone groups is 1. The number of aryl methyl sites for hydroxylation is 2. The van der Waals surface area contributed by atoms with Crippen LogP contribution in [0.15, 0.2) is 29.4 Å². The lowest BCUT2D eigenvalue weighted by Crippen LogP contribution is -2.25. The number of ether oxygens (including phenoxy) is 1. The molecule has 1 amide bonds. The second-order valence-electron chi connectivity index (χ2n) is 5.56. The zero-order valence-corrected chi connectivity index (χ0v) is 18.4. The summed E-state index contributed by atoms with van der Waals surface area (Å²) < 4.78 is 7.34. The second kappa shape index (κ2) is 8.84. The SMILES string of the molecule is Cc1ccc(C)c(OCC(=O)NN=Cc2cc(I)cc(I)c2O)c1C. The Kier molecular flexibility index (Phi) is 7.05. The molecule has 2 rings (SSSR count). The first-order chi connectivity index (χ1) is 11.8. The van der Waals surface area contributed by atoms with Crippen LogP contribution in [-0.4, -0.2) is 23.8 Å². The van der Waals surface area contributed by atoms with Crippen molar-refractivity contribution in [2.75, 3.05) is 6.61 Å². The van der Waals surface area contributed by atoms with Crippen LogP contribution >= 0.6 is 45.2 Å². The quantitative estimate of drug-likeness (QED) is 0.327. The molecule has 2 aromatic rings. The first-order valence-electron chi connectivity index (χ1n) is 7.49.